The molecule has 2 aromatic carbocycles. The zero-order chi connectivity index (χ0) is 24.1. The van der Waals surface area contributed by atoms with Crippen molar-refractivity contribution in [1.82, 2.24) is 14.8 Å². The van der Waals surface area contributed by atoms with Gasteiger partial charge in [0.15, 0.2) is 5.16 Å². The molecule has 2 heterocycles. The summed E-state index contributed by atoms with van der Waals surface area (Å²) in [5, 5.41) is 23.4. The van der Waals surface area contributed by atoms with Crippen LogP contribution in [0.15, 0.2) is 47.6 Å². The molecular weight excluding hydrogens is 456 g/mol. The zero-order valence-corrected chi connectivity index (χ0v) is 19.9. The summed E-state index contributed by atoms with van der Waals surface area (Å²) in [5.74, 6) is 0.747. The molecule has 1 amide bonds. The molecular formula is C23H26N6O4S. The number of carbonyl (C=O) groups is 1. The minimum Gasteiger partial charge on any atom is -0.496 e. The van der Waals surface area contributed by atoms with E-state index in [1.165, 1.54) is 37.4 Å². The van der Waals surface area contributed by atoms with E-state index in [9.17, 15) is 14.9 Å². The SMILES string of the molecule is COc1ccc(NC(=O)CSc2nnc(N3CCCCC3)n2-c2ccc(C)cc2)c([N+](=O)[O-])c1. The summed E-state index contributed by atoms with van der Waals surface area (Å²) in [5.41, 5.74) is 1.95. The number of piperidine rings is 1. The first-order chi connectivity index (χ1) is 16.5. The van der Waals surface area contributed by atoms with Crippen LogP contribution < -0.4 is 15.0 Å². The summed E-state index contributed by atoms with van der Waals surface area (Å²) in [6.07, 6.45) is 3.41. The van der Waals surface area contributed by atoms with Crippen LogP contribution in [0, 0.1) is 17.0 Å². The largest absolute Gasteiger partial charge is 0.496 e. The van der Waals surface area contributed by atoms with Crippen molar-refractivity contribution in [2.45, 2.75) is 31.3 Å². The summed E-state index contributed by atoms with van der Waals surface area (Å²) < 4.78 is 7.01. The number of nitrogens with zero attached hydrogens (tertiary/aromatic N) is 5. The fraction of sp³-hybridized carbons (Fsp3) is 0.348. The van der Waals surface area contributed by atoms with E-state index in [4.69, 9.17) is 4.74 Å². The Bertz CT molecular complexity index is 1170. The molecule has 1 fully saturated rings. The van der Waals surface area contributed by atoms with Gasteiger partial charge in [0.05, 0.1) is 29.5 Å². The molecule has 3 aromatic rings. The van der Waals surface area contributed by atoms with Gasteiger partial charge in [-0.3, -0.25) is 19.5 Å². The van der Waals surface area contributed by atoms with Gasteiger partial charge >= 0.3 is 0 Å². The molecule has 1 aromatic heterocycles. The lowest BCUT2D eigenvalue weighted by atomic mass is 10.1. The third-order valence-corrected chi connectivity index (χ3v) is 6.48. The number of benzene rings is 2. The average Bonchev–Trinajstić information content (AvgIpc) is 3.28. The molecule has 0 radical (unpaired) electrons. The highest BCUT2D eigenvalue weighted by molar-refractivity contribution is 7.99. The number of amides is 1. The zero-order valence-electron chi connectivity index (χ0n) is 19.1. The topological polar surface area (TPSA) is 115 Å². The molecule has 1 saturated heterocycles. The smallest absolute Gasteiger partial charge is 0.296 e. The Morgan fingerprint density at radius 3 is 2.56 bits per heavy atom. The normalized spacial score (nSPS) is 13.5. The molecule has 0 saturated carbocycles. The van der Waals surface area contributed by atoms with Gasteiger partial charge in [0.2, 0.25) is 11.9 Å². The van der Waals surface area contributed by atoms with Crippen molar-refractivity contribution in [2.75, 3.05) is 36.2 Å². The molecule has 178 valence electrons. The number of hydrogen-bond acceptors (Lipinski definition) is 8. The van der Waals surface area contributed by atoms with Gasteiger partial charge in [-0.2, -0.15) is 0 Å². The second kappa shape index (κ2) is 10.6. The van der Waals surface area contributed by atoms with Crippen molar-refractivity contribution in [3.8, 4) is 11.4 Å². The summed E-state index contributed by atoms with van der Waals surface area (Å²) >= 11 is 1.24. The van der Waals surface area contributed by atoms with Crippen LogP contribution in [-0.4, -0.2) is 51.5 Å². The lowest BCUT2D eigenvalue weighted by Gasteiger charge is -2.27. The first-order valence-electron chi connectivity index (χ1n) is 11.0. The van der Waals surface area contributed by atoms with Gasteiger partial charge in [-0.15, -0.1) is 10.2 Å². The lowest BCUT2D eigenvalue weighted by Crippen LogP contribution is -2.31. The van der Waals surface area contributed by atoms with E-state index in [2.05, 4.69) is 20.4 Å². The van der Waals surface area contributed by atoms with Crippen molar-refractivity contribution in [3.63, 3.8) is 0 Å². The van der Waals surface area contributed by atoms with Crippen molar-refractivity contribution < 1.29 is 14.5 Å². The Hall–Kier alpha value is -3.60. The fourth-order valence-electron chi connectivity index (χ4n) is 3.79. The van der Waals surface area contributed by atoms with E-state index in [-0.39, 0.29) is 23.0 Å². The minimum atomic E-state index is -0.551. The number of rotatable bonds is 8. The third kappa shape index (κ3) is 5.30. The Kier molecular flexibility index (Phi) is 7.31. The van der Waals surface area contributed by atoms with Crippen molar-refractivity contribution in [2.24, 2.45) is 0 Å². The maximum absolute atomic E-state index is 12.7. The summed E-state index contributed by atoms with van der Waals surface area (Å²) in [6, 6.07) is 12.4. The standard InChI is InChI=1S/C23H26N6O4S/c1-16-6-8-17(9-7-16)28-22(27-12-4-3-5-13-27)25-26-23(28)34-15-21(30)24-19-11-10-18(33-2)14-20(19)29(31)32/h6-11,14H,3-5,12-13,15H2,1-2H3,(H,24,30). The van der Waals surface area contributed by atoms with Gasteiger partial charge in [0.1, 0.15) is 11.4 Å². The van der Waals surface area contributed by atoms with Gasteiger partial charge in [-0.05, 0) is 50.5 Å². The fourth-order valence-corrected chi connectivity index (χ4v) is 4.53. The maximum atomic E-state index is 12.7. The number of methoxy groups -OCH3 is 1. The number of thioether (sulfide) groups is 1. The molecule has 1 aliphatic heterocycles. The van der Waals surface area contributed by atoms with Crippen molar-refractivity contribution >= 4 is 35.0 Å². The predicted octanol–water partition coefficient (Wildman–Crippen LogP) is 4.21. The van der Waals surface area contributed by atoms with Gasteiger partial charge in [-0.1, -0.05) is 29.5 Å². The molecule has 0 atom stereocenters. The van der Waals surface area contributed by atoms with Crippen LogP contribution in [0.1, 0.15) is 24.8 Å². The molecule has 11 heteroatoms. The van der Waals surface area contributed by atoms with Crippen LogP contribution in [0.3, 0.4) is 0 Å². The number of hydrogen-bond donors (Lipinski definition) is 1. The Morgan fingerprint density at radius 2 is 1.88 bits per heavy atom. The maximum Gasteiger partial charge on any atom is 0.296 e. The van der Waals surface area contributed by atoms with E-state index in [0.717, 1.165) is 43.1 Å². The predicted molar refractivity (Wildman–Crippen MR) is 131 cm³/mol. The molecule has 0 aliphatic carbocycles. The van der Waals surface area contributed by atoms with Gasteiger partial charge in [-0.25, -0.2) is 0 Å². The number of nitro groups is 1. The van der Waals surface area contributed by atoms with Crippen LogP contribution in [0.5, 0.6) is 5.75 Å². The number of nitrogens with one attached hydrogen (secondary N) is 1. The molecule has 10 nitrogen and oxygen atoms in total. The molecule has 0 spiro atoms. The number of ether oxygens (including phenoxy) is 1. The highest BCUT2D eigenvalue weighted by Crippen LogP contribution is 2.31. The van der Waals surface area contributed by atoms with E-state index in [1.54, 1.807) is 6.07 Å². The molecule has 34 heavy (non-hydrogen) atoms. The van der Waals surface area contributed by atoms with E-state index < -0.39 is 4.92 Å². The number of nitro benzene ring substituents is 1. The monoisotopic (exact) mass is 482 g/mol. The Morgan fingerprint density at radius 1 is 1.15 bits per heavy atom. The molecule has 0 unspecified atom stereocenters. The number of anilines is 2. The first kappa shape index (κ1) is 23.6. The van der Waals surface area contributed by atoms with E-state index >= 15 is 0 Å². The second-order valence-electron chi connectivity index (χ2n) is 7.98. The van der Waals surface area contributed by atoms with Gasteiger partial charge in [0.25, 0.3) is 5.69 Å². The first-order valence-corrected chi connectivity index (χ1v) is 12.0. The van der Waals surface area contributed by atoms with Gasteiger partial charge < -0.3 is 15.0 Å². The Balaban J connectivity index is 1.54. The minimum absolute atomic E-state index is 0.0210. The summed E-state index contributed by atoms with van der Waals surface area (Å²) in [6.45, 7) is 3.85. The average molecular weight is 483 g/mol. The van der Waals surface area contributed by atoms with Crippen molar-refractivity contribution in [3.05, 3.63) is 58.1 Å². The highest BCUT2D eigenvalue weighted by atomic mass is 32.2. The highest BCUT2D eigenvalue weighted by Gasteiger charge is 2.23. The summed E-state index contributed by atoms with van der Waals surface area (Å²) in [7, 11) is 1.43. The van der Waals surface area contributed by atoms with E-state index in [1.807, 2.05) is 35.8 Å². The Labute approximate surface area is 201 Å². The molecule has 1 aliphatic rings. The van der Waals surface area contributed by atoms with Crippen LogP contribution in [0.2, 0.25) is 0 Å². The van der Waals surface area contributed by atoms with Crippen LogP contribution in [0.25, 0.3) is 5.69 Å². The van der Waals surface area contributed by atoms with Crippen molar-refractivity contribution in [1.29, 1.82) is 0 Å². The summed E-state index contributed by atoms with van der Waals surface area (Å²) in [4.78, 5) is 25.7. The number of aromatic nitrogens is 3. The third-order valence-electron chi connectivity index (χ3n) is 5.56. The van der Waals surface area contributed by atoms with Crippen LogP contribution in [0.4, 0.5) is 17.3 Å². The lowest BCUT2D eigenvalue weighted by molar-refractivity contribution is -0.384. The second-order valence-corrected chi connectivity index (χ2v) is 8.92. The number of carbonyl (C=O) groups excluding carboxylic acids is 1. The molecule has 1 N–H and O–H groups in total. The molecule has 0 bridgehead atoms. The molecule has 4 rings (SSSR count). The number of aryl methyl sites for hydroxylation is 1. The van der Waals surface area contributed by atoms with Crippen LogP contribution >= 0.6 is 11.8 Å². The quantitative estimate of drug-likeness (QED) is 0.288. The van der Waals surface area contributed by atoms with Gasteiger partial charge in [0, 0.05) is 13.1 Å². The van der Waals surface area contributed by atoms with Crippen LogP contribution in [-0.2, 0) is 4.79 Å². The van der Waals surface area contributed by atoms with E-state index in [0.29, 0.717) is 10.9 Å².